The third-order valence-corrected chi connectivity index (χ3v) is 4.64. The highest BCUT2D eigenvalue weighted by atomic mass is 32.2. The van der Waals surface area contributed by atoms with Crippen molar-refractivity contribution in [3.05, 3.63) is 36.3 Å². The van der Waals surface area contributed by atoms with E-state index in [9.17, 15) is 12.8 Å². The first-order valence-corrected chi connectivity index (χ1v) is 8.02. The average Bonchev–Trinajstić information content (AvgIpc) is 2.78. The molecule has 0 amide bonds. The molecule has 0 radical (unpaired) electrons. The van der Waals surface area contributed by atoms with Crippen LogP contribution in [0.5, 0.6) is 0 Å². The molecule has 2 rings (SSSR count). The van der Waals surface area contributed by atoms with Gasteiger partial charge in [-0.1, -0.05) is 19.1 Å². The maximum Gasteiger partial charge on any atom is 0.151 e. The summed E-state index contributed by atoms with van der Waals surface area (Å²) < 4.78 is 37.6. The predicted molar refractivity (Wildman–Crippen MR) is 76.4 cm³/mol. The molecule has 20 heavy (non-hydrogen) atoms. The van der Waals surface area contributed by atoms with Crippen molar-refractivity contribution in [2.75, 3.05) is 17.2 Å². The molecule has 7 heteroatoms. The zero-order valence-corrected chi connectivity index (χ0v) is 11.9. The second kappa shape index (κ2) is 5.62. The molecule has 0 aliphatic carbocycles. The zero-order valence-electron chi connectivity index (χ0n) is 11.1. The minimum atomic E-state index is -3.05. The minimum Gasteiger partial charge on any atom is -0.396 e. The number of rotatable bonds is 5. The molecule has 0 saturated heterocycles. The van der Waals surface area contributed by atoms with Crippen LogP contribution >= 0.6 is 0 Å². The number of hydrogen-bond donors (Lipinski definition) is 1. The molecule has 5 nitrogen and oxygen atoms in total. The molecule has 108 valence electrons. The van der Waals surface area contributed by atoms with Crippen LogP contribution < -0.4 is 5.73 Å². The smallest absolute Gasteiger partial charge is 0.151 e. The lowest BCUT2D eigenvalue weighted by Gasteiger charge is -2.01. The average molecular weight is 297 g/mol. The summed E-state index contributed by atoms with van der Waals surface area (Å²) in [5.74, 6) is -0.265. The summed E-state index contributed by atoms with van der Waals surface area (Å²) in [4.78, 5) is 0. The van der Waals surface area contributed by atoms with E-state index in [1.54, 1.807) is 25.3 Å². The Morgan fingerprint density at radius 3 is 2.80 bits per heavy atom. The van der Waals surface area contributed by atoms with Crippen molar-refractivity contribution in [2.24, 2.45) is 0 Å². The van der Waals surface area contributed by atoms with E-state index in [1.807, 2.05) is 0 Å². The van der Waals surface area contributed by atoms with Gasteiger partial charge in [-0.2, -0.15) is 5.10 Å². The van der Waals surface area contributed by atoms with Gasteiger partial charge in [0, 0.05) is 17.5 Å². The highest BCUT2D eigenvalue weighted by Gasteiger charge is 2.12. The van der Waals surface area contributed by atoms with Gasteiger partial charge in [-0.25, -0.2) is 12.8 Å². The quantitative estimate of drug-likeness (QED) is 0.911. The Labute approximate surface area is 117 Å². The summed E-state index contributed by atoms with van der Waals surface area (Å²) in [6, 6.07) is 5.95. The number of aromatic nitrogens is 2. The van der Waals surface area contributed by atoms with Gasteiger partial charge in [-0.3, -0.25) is 4.68 Å². The van der Waals surface area contributed by atoms with Gasteiger partial charge in [0.1, 0.15) is 11.5 Å². The molecule has 0 spiro atoms. The van der Waals surface area contributed by atoms with Crippen molar-refractivity contribution in [1.29, 1.82) is 0 Å². The molecule has 0 saturated carbocycles. The molecule has 2 aromatic rings. The topological polar surface area (TPSA) is 78.0 Å². The van der Waals surface area contributed by atoms with Crippen molar-refractivity contribution < 1.29 is 12.8 Å². The van der Waals surface area contributed by atoms with Gasteiger partial charge in [0.25, 0.3) is 0 Å². The van der Waals surface area contributed by atoms with Gasteiger partial charge in [-0.05, 0) is 12.1 Å². The highest BCUT2D eigenvalue weighted by molar-refractivity contribution is 7.91. The van der Waals surface area contributed by atoms with Crippen LogP contribution in [0, 0.1) is 5.82 Å². The number of sulfone groups is 1. The molecule has 0 atom stereocenters. The number of nitrogen functional groups attached to an aromatic ring is 1. The van der Waals surface area contributed by atoms with E-state index in [2.05, 4.69) is 5.10 Å². The predicted octanol–water partition coefficient (Wildman–Crippen LogP) is 1.71. The third kappa shape index (κ3) is 3.36. The summed E-state index contributed by atoms with van der Waals surface area (Å²) in [6.07, 6.45) is 1.56. The number of hydrogen-bond acceptors (Lipinski definition) is 4. The van der Waals surface area contributed by atoms with Gasteiger partial charge in [-0.15, -0.1) is 0 Å². The summed E-state index contributed by atoms with van der Waals surface area (Å²) in [5, 5.41) is 4.22. The summed E-state index contributed by atoms with van der Waals surface area (Å²) in [6.45, 7) is 1.83. The maximum atomic E-state index is 13.2. The van der Waals surface area contributed by atoms with Crippen molar-refractivity contribution >= 4 is 15.5 Å². The van der Waals surface area contributed by atoms with E-state index in [-0.39, 0.29) is 23.9 Å². The second-order valence-corrected chi connectivity index (χ2v) is 6.92. The Morgan fingerprint density at radius 2 is 2.15 bits per heavy atom. The van der Waals surface area contributed by atoms with Crippen LogP contribution in [0.2, 0.25) is 0 Å². The molecule has 0 aliphatic rings. The molecule has 0 fully saturated rings. The van der Waals surface area contributed by atoms with Crippen LogP contribution in [0.15, 0.2) is 30.5 Å². The summed E-state index contributed by atoms with van der Waals surface area (Å²) in [5.41, 5.74) is 7.26. The standard InChI is InChI=1S/C13H16FN3O2S/c1-2-20(18,19)7-6-17-9-12(15)13(16-17)10-4-3-5-11(14)8-10/h3-5,8-9H,2,6-7,15H2,1H3. The van der Waals surface area contributed by atoms with Crippen LogP contribution in [-0.4, -0.2) is 29.7 Å². The Kier molecular flexibility index (Phi) is 4.08. The molecule has 0 unspecified atom stereocenters. The van der Waals surface area contributed by atoms with Gasteiger partial charge >= 0.3 is 0 Å². The third-order valence-electron chi connectivity index (χ3n) is 2.96. The summed E-state index contributed by atoms with van der Waals surface area (Å²) >= 11 is 0. The largest absolute Gasteiger partial charge is 0.396 e. The molecular weight excluding hydrogens is 281 g/mol. The Morgan fingerprint density at radius 1 is 1.40 bits per heavy atom. The molecule has 1 aromatic carbocycles. The number of anilines is 1. The monoisotopic (exact) mass is 297 g/mol. The molecule has 0 bridgehead atoms. The van der Waals surface area contributed by atoms with E-state index in [1.165, 1.54) is 16.8 Å². The first kappa shape index (κ1) is 14.5. The van der Waals surface area contributed by atoms with E-state index >= 15 is 0 Å². The molecule has 1 heterocycles. The highest BCUT2D eigenvalue weighted by Crippen LogP contribution is 2.24. The van der Waals surface area contributed by atoms with Crippen LogP contribution in [0.3, 0.4) is 0 Å². The van der Waals surface area contributed by atoms with Crippen molar-refractivity contribution in [3.8, 4) is 11.3 Å². The van der Waals surface area contributed by atoms with E-state index < -0.39 is 9.84 Å². The van der Waals surface area contributed by atoms with E-state index in [4.69, 9.17) is 5.73 Å². The Balaban J connectivity index is 2.22. The normalized spacial score (nSPS) is 11.7. The molecular formula is C13H16FN3O2S. The fourth-order valence-corrected chi connectivity index (χ4v) is 2.54. The van der Waals surface area contributed by atoms with Crippen molar-refractivity contribution in [1.82, 2.24) is 9.78 Å². The van der Waals surface area contributed by atoms with Crippen molar-refractivity contribution in [3.63, 3.8) is 0 Å². The number of benzene rings is 1. The summed E-state index contributed by atoms with van der Waals surface area (Å²) in [7, 11) is -3.05. The molecule has 2 N–H and O–H groups in total. The van der Waals surface area contributed by atoms with Crippen molar-refractivity contribution in [2.45, 2.75) is 13.5 Å². The van der Waals surface area contributed by atoms with Crippen LogP contribution in [0.1, 0.15) is 6.92 Å². The SMILES string of the molecule is CCS(=O)(=O)CCn1cc(N)c(-c2cccc(F)c2)n1. The van der Waals surface area contributed by atoms with Gasteiger partial charge in [0.05, 0.1) is 18.0 Å². The first-order valence-electron chi connectivity index (χ1n) is 6.20. The van der Waals surface area contributed by atoms with Crippen LogP contribution in [-0.2, 0) is 16.4 Å². The van der Waals surface area contributed by atoms with E-state index in [0.717, 1.165) is 0 Å². The maximum absolute atomic E-state index is 13.2. The lowest BCUT2D eigenvalue weighted by atomic mass is 10.1. The zero-order chi connectivity index (χ0) is 14.8. The van der Waals surface area contributed by atoms with Crippen LogP contribution in [0.4, 0.5) is 10.1 Å². The number of halogens is 1. The number of nitrogens with two attached hydrogens (primary N) is 1. The molecule has 1 aromatic heterocycles. The Bertz CT molecular complexity index is 710. The van der Waals surface area contributed by atoms with Crippen LogP contribution in [0.25, 0.3) is 11.3 Å². The molecule has 0 aliphatic heterocycles. The van der Waals surface area contributed by atoms with Gasteiger partial charge in [0.15, 0.2) is 9.84 Å². The Hall–Kier alpha value is -1.89. The number of aryl methyl sites for hydroxylation is 1. The van der Waals surface area contributed by atoms with Gasteiger partial charge in [0.2, 0.25) is 0 Å². The van der Waals surface area contributed by atoms with E-state index in [0.29, 0.717) is 16.9 Å². The van der Waals surface area contributed by atoms with Gasteiger partial charge < -0.3 is 5.73 Å². The first-order chi connectivity index (χ1) is 9.41. The number of nitrogens with zero attached hydrogens (tertiary/aromatic N) is 2. The lowest BCUT2D eigenvalue weighted by Crippen LogP contribution is -2.14. The fourth-order valence-electron chi connectivity index (χ4n) is 1.79. The fraction of sp³-hybridized carbons (Fsp3) is 0.308. The minimum absolute atomic E-state index is 0.00715. The second-order valence-electron chi connectivity index (χ2n) is 4.44. The lowest BCUT2D eigenvalue weighted by molar-refractivity contribution is 0.582.